The molecule has 1 atom stereocenters. The quantitative estimate of drug-likeness (QED) is 0.801. The van der Waals surface area contributed by atoms with E-state index in [1.165, 1.54) is 6.92 Å². The maximum atomic E-state index is 11.9. The third-order valence-electron chi connectivity index (χ3n) is 3.29. The van der Waals surface area contributed by atoms with E-state index < -0.39 is 11.5 Å². The van der Waals surface area contributed by atoms with E-state index in [0.29, 0.717) is 21.9 Å². The van der Waals surface area contributed by atoms with Crippen molar-refractivity contribution in [3.8, 4) is 5.75 Å². The number of carbonyl (C=O) groups is 1. The van der Waals surface area contributed by atoms with E-state index in [2.05, 4.69) is 4.98 Å². The van der Waals surface area contributed by atoms with E-state index >= 15 is 0 Å². The minimum Gasteiger partial charge on any atom is -0.468 e. The number of rotatable bonds is 4. The number of carbonyl (C=O) groups excluding carboxylic acids is 1. The SMILES string of the molecule is CC(Oc1ccccc1)(C(N)=O)c1nc2ccc(Cl)cc2o1. The molecular weight excluding hydrogens is 304 g/mol. The molecule has 1 amide bonds. The van der Waals surface area contributed by atoms with Gasteiger partial charge in [-0.25, -0.2) is 4.98 Å². The van der Waals surface area contributed by atoms with Crippen molar-refractivity contribution in [1.29, 1.82) is 0 Å². The van der Waals surface area contributed by atoms with Crippen molar-refractivity contribution >= 4 is 28.6 Å². The Morgan fingerprint density at radius 1 is 1.27 bits per heavy atom. The molecule has 112 valence electrons. The summed E-state index contributed by atoms with van der Waals surface area (Å²) in [4.78, 5) is 16.2. The van der Waals surface area contributed by atoms with Crippen LogP contribution in [0.3, 0.4) is 0 Å². The molecule has 0 aliphatic heterocycles. The molecule has 6 heteroatoms. The predicted octanol–water partition coefficient (Wildman–Crippen LogP) is 3.26. The van der Waals surface area contributed by atoms with E-state index in [0.717, 1.165) is 0 Å². The maximum absolute atomic E-state index is 11.9. The van der Waals surface area contributed by atoms with E-state index in [1.54, 1.807) is 42.5 Å². The van der Waals surface area contributed by atoms with E-state index in [4.69, 9.17) is 26.5 Å². The average Bonchev–Trinajstić information content (AvgIpc) is 2.91. The lowest BCUT2D eigenvalue weighted by molar-refractivity contribution is -0.134. The largest absolute Gasteiger partial charge is 0.468 e. The molecule has 1 aromatic heterocycles. The molecule has 0 saturated heterocycles. The zero-order valence-electron chi connectivity index (χ0n) is 11.7. The van der Waals surface area contributed by atoms with Crippen LogP contribution in [0.1, 0.15) is 12.8 Å². The number of nitrogens with two attached hydrogens (primary N) is 1. The Labute approximate surface area is 131 Å². The molecule has 2 aromatic carbocycles. The van der Waals surface area contributed by atoms with Gasteiger partial charge >= 0.3 is 0 Å². The highest BCUT2D eigenvalue weighted by molar-refractivity contribution is 6.31. The highest BCUT2D eigenvalue weighted by Crippen LogP contribution is 2.30. The molecule has 0 spiro atoms. The number of primary amides is 1. The number of halogens is 1. The van der Waals surface area contributed by atoms with Gasteiger partial charge in [0.2, 0.25) is 5.89 Å². The minimum atomic E-state index is -1.52. The van der Waals surface area contributed by atoms with Crippen LogP contribution in [0.25, 0.3) is 11.1 Å². The van der Waals surface area contributed by atoms with Gasteiger partial charge in [-0.1, -0.05) is 29.8 Å². The molecule has 1 heterocycles. The van der Waals surface area contributed by atoms with Crippen LogP contribution >= 0.6 is 11.6 Å². The molecule has 0 aliphatic carbocycles. The third-order valence-corrected chi connectivity index (χ3v) is 3.53. The predicted molar refractivity (Wildman–Crippen MR) is 82.6 cm³/mol. The molecule has 0 saturated carbocycles. The molecular formula is C16H13ClN2O3. The van der Waals surface area contributed by atoms with Crippen LogP contribution in [0, 0.1) is 0 Å². The summed E-state index contributed by atoms with van der Waals surface area (Å²) in [6.45, 7) is 1.52. The van der Waals surface area contributed by atoms with Crippen LogP contribution in [-0.2, 0) is 10.4 Å². The standard InChI is InChI=1S/C16H13ClN2O3/c1-16(14(18)20,22-11-5-3-2-4-6-11)15-19-12-8-7-10(17)9-13(12)21-15/h2-9H,1H3,(H2,18,20). The number of nitrogens with zero attached hydrogens (tertiary/aromatic N) is 1. The van der Waals surface area contributed by atoms with Gasteiger partial charge in [0, 0.05) is 11.1 Å². The monoisotopic (exact) mass is 316 g/mol. The molecule has 0 fully saturated rings. The van der Waals surface area contributed by atoms with Crippen LogP contribution in [0.2, 0.25) is 5.02 Å². The van der Waals surface area contributed by atoms with Gasteiger partial charge in [-0.2, -0.15) is 0 Å². The molecule has 3 rings (SSSR count). The van der Waals surface area contributed by atoms with E-state index in [1.807, 2.05) is 6.07 Å². The van der Waals surface area contributed by atoms with Gasteiger partial charge in [0.05, 0.1) is 0 Å². The maximum Gasteiger partial charge on any atom is 0.271 e. The van der Waals surface area contributed by atoms with Crippen LogP contribution < -0.4 is 10.5 Å². The molecule has 0 bridgehead atoms. The zero-order valence-corrected chi connectivity index (χ0v) is 12.5. The number of fused-ring (bicyclic) bond motifs is 1. The number of benzene rings is 2. The molecule has 5 nitrogen and oxygen atoms in total. The van der Waals surface area contributed by atoms with Gasteiger partial charge < -0.3 is 14.9 Å². The van der Waals surface area contributed by atoms with Crippen molar-refractivity contribution in [3.05, 3.63) is 59.4 Å². The summed E-state index contributed by atoms with van der Waals surface area (Å²) in [5.41, 5.74) is 5.03. The second-order valence-electron chi connectivity index (χ2n) is 4.94. The smallest absolute Gasteiger partial charge is 0.271 e. The Morgan fingerprint density at radius 3 is 2.68 bits per heavy atom. The number of hydrogen-bond acceptors (Lipinski definition) is 4. The van der Waals surface area contributed by atoms with Crippen LogP contribution in [0.4, 0.5) is 0 Å². The van der Waals surface area contributed by atoms with Gasteiger partial charge in [0.1, 0.15) is 11.3 Å². The summed E-state index contributed by atoms with van der Waals surface area (Å²) in [5.74, 6) is -0.126. The zero-order chi connectivity index (χ0) is 15.7. The number of hydrogen-bond donors (Lipinski definition) is 1. The molecule has 22 heavy (non-hydrogen) atoms. The lowest BCUT2D eigenvalue weighted by Crippen LogP contribution is -2.43. The number of aromatic nitrogens is 1. The first-order valence-corrected chi connectivity index (χ1v) is 6.97. The normalized spacial score (nSPS) is 13.7. The highest BCUT2D eigenvalue weighted by Gasteiger charge is 2.41. The molecule has 3 aromatic rings. The van der Waals surface area contributed by atoms with E-state index in [-0.39, 0.29) is 5.89 Å². The van der Waals surface area contributed by atoms with E-state index in [9.17, 15) is 4.79 Å². The van der Waals surface area contributed by atoms with Crippen molar-refractivity contribution in [2.24, 2.45) is 5.73 Å². The fourth-order valence-electron chi connectivity index (χ4n) is 2.03. The summed E-state index contributed by atoms with van der Waals surface area (Å²) < 4.78 is 11.4. The van der Waals surface area contributed by atoms with Crippen LogP contribution in [0.15, 0.2) is 52.9 Å². The highest BCUT2D eigenvalue weighted by atomic mass is 35.5. The lowest BCUT2D eigenvalue weighted by Gasteiger charge is -2.23. The Hall–Kier alpha value is -2.53. The first-order chi connectivity index (χ1) is 10.5. The second kappa shape index (κ2) is 5.35. The van der Waals surface area contributed by atoms with Gasteiger partial charge in [0.15, 0.2) is 5.58 Å². The van der Waals surface area contributed by atoms with Crippen LogP contribution in [-0.4, -0.2) is 10.9 Å². The fraction of sp³-hybridized carbons (Fsp3) is 0.125. The first-order valence-electron chi connectivity index (χ1n) is 6.59. The topological polar surface area (TPSA) is 78.4 Å². The Kier molecular flexibility index (Phi) is 3.50. The first kappa shape index (κ1) is 14.4. The number of oxazole rings is 1. The second-order valence-corrected chi connectivity index (χ2v) is 5.38. The average molecular weight is 317 g/mol. The molecule has 0 aliphatic rings. The van der Waals surface area contributed by atoms with Gasteiger partial charge in [-0.3, -0.25) is 4.79 Å². The summed E-state index contributed by atoms with van der Waals surface area (Å²) in [6, 6.07) is 13.9. The Bertz CT molecular complexity index is 832. The Balaban J connectivity index is 2.07. The number of para-hydroxylation sites is 1. The molecule has 1 unspecified atom stereocenters. The van der Waals surface area contributed by atoms with Gasteiger partial charge in [-0.15, -0.1) is 0 Å². The lowest BCUT2D eigenvalue weighted by atomic mass is 10.1. The van der Waals surface area contributed by atoms with Crippen LogP contribution in [0.5, 0.6) is 5.75 Å². The summed E-state index contributed by atoms with van der Waals surface area (Å²) in [5, 5.41) is 0.514. The summed E-state index contributed by atoms with van der Waals surface area (Å²) in [7, 11) is 0. The number of amides is 1. The minimum absolute atomic E-state index is 0.0844. The fourth-order valence-corrected chi connectivity index (χ4v) is 2.19. The van der Waals surface area contributed by atoms with Gasteiger partial charge in [-0.05, 0) is 31.2 Å². The van der Waals surface area contributed by atoms with Crippen molar-refractivity contribution in [2.45, 2.75) is 12.5 Å². The number of ether oxygens (including phenoxy) is 1. The van der Waals surface area contributed by atoms with Crippen molar-refractivity contribution in [1.82, 2.24) is 4.98 Å². The molecule has 2 N–H and O–H groups in total. The Morgan fingerprint density at radius 2 is 2.00 bits per heavy atom. The molecule has 0 radical (unpaired) electrons. The third kappa shape index (κ3) is 2.51. The summed E-state index contributed by atoms with van der Waals surface area (Å²) >= 11 is 5.92. The summed E-state index contributed by atoms with van der Waals surface area (Å²) in [6.07, 6.45) is 0. The van der Waals surface area contributed by atoms with Crippen molar-refractivity contribution in [2.75, 3.05) is 0 Å². The van der Waals surface area contributed by atoms with Gasteiger partial charge in [0.25, 0.3) is 11.5 Å². The van der Waals surface area contributed by atoms with Crippen molar-refractivity contribution < 1.29 is 13.9 Å². The van der Waals surface area contributed by atoms with Crippen molar-refractivity contribution in [3.63, 3.8) is 0 Å².